The molecule has 4 heterocycles. The van der Waals surface area contributed by atoms with Crippen LogP contribution in [-0.4, -0.2) is 50.1 Å². The molecule has 0 spiro atoms. The summed E-state index contributed by atoms with van der Waals surface area (Å²) < 4.78 is 0. The number of aromatic nitrogens is 3. The topological polar surface area (TPSA) is 91.2 Å². The van der Waals surface area contributed by atoms with Gasteiger partial charge < -0.3 is 10.4 Å². The molecule has 0 aliphatic carbocycles. The largest absolute Gasteiger partial charge is 0.392 e. The zero-order valence-corrected chi connectivity index (χ0v) is 19.7. The second-order valence-corrected chi connectivity index (χ2v) is 9.73. The van der Waals surface area contributed by atoms with Crippen LogP contribution in [0.15, 0.2) is 72.9 Å². The Bertz CT molecular complexity index is 1550. The van der Waals surface area contributed by atoms with E-state index in [1.165, 1.54) is 11.3 Å². The first-order valence-corrected chi connectivity index (χ1v) is 12.4. The van der Waals surface area contributed by atoms with Gasteiger partial charge in [0.05, 0.1) is 17.3 Å². The van der Waals surface area contributed by atoms with Gasteiger partial charge in [-0.25, -0.2) is 15.0 Å². The van der Waals surface area contributed by atoms with Crippen molar-refractivity contribution in [2.45, 2.75) is 19.1 Å². The van der Waals surface area contributed by atoms with Crippen LogP contribution in [0.1, 0.15) is 22.5 Å². The van der Waals surface area contributed by atoms with Crippen LogP contribution >= 0.6 is 11.3 Å². The number of hydrogen-bond acceptors (Lipinski definition) is 7. The number of thiazole rings is 1. The summed E-state index contributed by atoms with van der Waals surface area (Å²) in [6, 6.07) is 21.1. The Kier molecular flexibility index (Phi) is 5.69. The minimum atomic E-state index is -0.266. The SMILES string of the molecule is O=C(Nc1ccccc1-c1nc2cc(CN3CC[C@@H](O)C3)cnc2s1)c1ccc2ccccc2n1. The van der Waals surface area contributed by atoms with E-state index in [0.29, 0.717) is 17.9 Å². The molecule has 1 amide bonds. The Labute approximate surface area is 206 Å². The highest BCUT2D eigenvalue weighted by Crippen LogP contribution is 2.34. The molecule has 6 rings (SSSR count). The summed E-state index contributed by atoms with van der Waals surface area (Å²) in [7, 11) is 0. The Morgan fingerprint density at radius 1 is 1.06 bits per heavy atom. The van der Waals surface area contributed by atoms with E-state index < -0.39 is 0 Å². The maximum Gasteiger partial charge on any atom is 0.274 e. The number of fused-ring (bicyclic) bond motifs is 2. The quantitative estimate of drug-likeness (QED) is 0.377. The van der Waals surface area contributed by atoms with Crippen LogP contribution < -0.4 is 5.32 Å². The zero-order chi connectivity index (χ0) is 23.8. The summed E-state index contributed by atoms with van der Waals surface area (Å²) in [5.41, 5.74) is 4.57. The second-order valence-electron chi connectivity index (χ2n) is 8.75. The van der Waals surface area contributed by atoms with Gasteiger partial charge >= 0.3 is 0 Å². The molecule has 1 aliphatic heterocycles. The molecule has 1 aliphatic rings. The van der Waals surface area contributed by atoms with Gasteiger partial charge in [-0.2, -0.15) is 0 Å². The molecule has 0 bridgehead atoms. The molecular weight excluding hydrogens is 458 g/mol. The van der Waals surface area contributed by atoms with Crippen molar-refractivity contribution >= 4 is 44.2 Å². The predicted molar refractivity (Wildman–Crippen MR) is 138 cm³/mol. The molecule has 35 heavy (non-hydrogen) atoms. The van der Waals surface area contributed by atoms with Gasteiger partial charge in [0.15, 0.2) is 0 Å². The first-order chi connectivity index (χ1) is 17.1. The van der Waals surface area contributed by atoms with Crippen LogP contribution in [0.2, 0.25) is 0 Å². The van der Waals surface area contributed by atoms with E-state index >= 15 is 0 Å². The number of benzene rings is 2. The molecule has 1 atom stereocenters. The van der Waals surface area contributed by atoms with E-state index in [0.717, 1.165) is 56.9 Å². The fraction of sp³-hybridized carbons (Fsp3) is 0.185. The second kappa shape index (κ2) is 9.14. The number of β-amino-alcohol motifs (C(OH)–C–C–N with tert-alkyl or cyclic N) is 1. The van der Waals surface area contributed by atoms with Crippen molar-refractivity contribution in [3.63, 3.8) is 0 Å². The monoisotopic (exact) mass is 481 g/mol. The number of pyridine rings is 2. The van der Waals surface area contributed by atoms with Crippen LogP contribution in [0.25, 0.3) is 31.8 Å². The molecule has 2 aromatic carbocycles. The van der Waals surface area contributed by atoms with Crippen molar-refractivity contribution in [1.29, 1.82) is 0 Å². The summed E-state index contributed by atoms with van der Waals surface area (Å²) in [5, 5.41) is 14.6. The number of nitrogens with one attached hydrogen (secondary N) is 1. The Morgan fingerprint density at radius 3 is 2.80 bits per heavy atom. The molecule has 5 aromatic rings. The van der Waals surface area contributed by atoms with Crippen molar-refractivity contribution in [3.8, 4) is 10.6 Å². The van der Waals surface area contributed by atoms with E-state index in [4.69, 9.17) is 4.98 Å². The minimum Gasteiger partial charge on any atom is -0.392 e. The third kappa shape index (κ3) is 4.51. The van der Waals surface area contributed by atoms with Crippen molar-refractivity contribution in [2.75, 3.05) is 18.4 Å². The van der Waals surface area contributed by atoms with Crippen LogP contribution in [0.5, 0.6) is 0 Å². The average Bonchev–Trinajstić information content (AvgIpc) is 3.49. The van der Waals surface area contributed by atoms with Gasteiger partial charge in [-0.1, -0.05) is 47.7 Å². The fourth-order valence-electron chi connectivity index (χ4n) is 4.44. The van der Waals surface area contributed by atoms with Gasteiger partial charge in [-0.05, 0) is 42.3 Å². The molecule has 8 heteroatoms. The van der Waals surface area contributed by atoms with Crippen molar-refractivity contribution < 1.29 is 9.90 Å². The number of nitrogens with zero attached hydrogens (tertiary/aromatic N) is 4. The number of rotatable bonds is 5. The number of aliphatic hydroxyl groups is 1. The summed E-state index contributed by atoms with van der Waals surface area (Å²) in [5.74, 6) is -0.266. The summed E-state index contributed by atoms with van der Waals surface area (Å²) in [6.07, 6.45) is 2.45. The Morgan fingerprint density at radius 2 is 1.91 bits per heavy atom. The summed E-state index contributed by atoms with van der Waals surface area (Å²) in [6.45, 7) is 2.33. The lowest BCUT2D eigenvalue weighted by atomic mass is 10.1. The predicted octanol–water partition coefficient (Wildman–Crippen LogP) is 4.73. The highest BCUT2D eigenvalue weighted by Gasteiger charge is 2.21. The zero-order valence-electron chi connectivity index (χ0n) is 18.9. The van der Waals surface area contributed by atoms with Gasteiger partial charge in [0.25, 0.3) is 5.91 Å². The lowest BCUT2D eigenvalue weighted by Gasteiger charge is -2.14. The standard InChI is InChI=1S/C27H23N5O2S/c33-19-11-12-32(16-19)15-17-13-24-27(28-14-17)35-26(31-24)20-6-2-4-8-22(20)30-25(34)23-10-9-18-5-1-3-7-21(18)29-23/h1-10,13-14,19,33H,11-12,15-16H2,(H,30,34)/t19-/m1/s1. The maximum absolute atomic E-state index is 13.0. The molecule has 174 valence electrons. The first-order valence-electron chi connectivity index (χ1n) is 11.5. The average molecular weight is 482 g/mol. The molecule has 1 saturated heterocycles. The first kappa shape index (κ1) is 21.8. The van der Waals surface area contributed by atoms with Gasteiger partial charge in [0, 0.05) is 36.8 Å². The number of para-hydroxylation sites is 2. The van der Waals surface area contributed by atoms with E-state index in [9.17, 15) is 9.90 Å². The van der Waals surface area contributed by atoms with Crippen LogP contribution in [0, 0.1) is 0 Å². The van der Waals surface area contributed by atoms with E-state index in [1.54, 1.807) is 6.07 Å². The Balaban J connectivity index is 1.26. The molecule has 3 aromatic heterocycles. The number of hydrogen-bond donors (Lipinski definition) is 2. The van der Waals surface area contributed by atoms with Crippen molar-refractivity contribution in [1.82, 2.24) is 19.9 Å². The molecule has 7 nitrogen and oxygen atoms in total. The Hall–Kier alpha value is -3.72. The van der Waals surface area contributed by atoms with Gasteiger partial charge in [-0.3, -0.25) is 9.69 Å². The van der Waals surface area contributed by atoms with Gasteiger partial charge in [-0.15, -0.1) is 0 Å². The molecule has 2 N–H and O–H groups in total. The van der Waals surface area contributed by atoms with Crippen molar-refractivity contribution in [3.05, 3.63) is 84.2 Å². The maximum atomic E-state index is 13.0. The van der Waals surface area contributed by atoms with E-state index in [2.05, 4.69) is 26.3 Å². The van der Waals surface area contributed by atoms with E-state index in [1.807, 2.05) is 60.8 Å². The van der Waals surface area contributed by atoms with E-state index in [-0.39, 0.29) is 12.0 Å². The molecule has 1 fully saturated rings. The fourth-order valence-corrected chi connectivity index (χ4v) is 5.37. The molecule has 0 radical (unpaired) electrons. The summed E-state index contributed by atoms with van der Waals surface area (Å²) in [4.78, 5) is 30.1. The molecule has 0 unspecified atom stereocenters. The van der Waals surface area contributed by atoms with Crippen LogP contribution in [0.3, 0.4) is 0 Å². The van der Waals surface area contributed by atoms with Gasteiger partial charge in [0.1, 0.15) is 21.0 Å². The number of carbonyl (C=O) groups is 1. The lowest BCUT2D eigenvalue weighted by Crippen LogP contribution is -2.21. The highest BCUT2D eigenvalue weighted by atomic mass is 32.1. The number of likely N-dealkylation sites (tertiary alicyclic amines) is 1. The summed E-state index contributed by atoms with van der Waals surface area (Å²) >= 11 is 1.50. The molecular formula is C27H23N5O2S. The number of aliphatic hydroxyl groups excluding tert-OH is 1. The third-order valence-corrected chi connectivity index (χ3v) is 7.21. The molecule has 0 saturated carbocycles. The number of amides is 1. The number of carbonyl (C=O) groups excluding carboxylic acids is 1. The lowest BCUT2D eigenvalue weighted by molar-refractivity contribution is 0.102. The third-order valence-electron chi connectivity index (χ3n) is 6.19. The van der Waals surface area contributed by atoms with Crippen molar-refractivity contribution in [2.24, 2.45) is 0 Å². The van der Waals surface area contributed by atoms with Gasteiger partial charge in [0.2, 0.25) is 0 Å². The van der Waals surface area contributed by atoms with Crippen LogP contribution in [-0.2, 0) is 6.54 Å². The number of anilines is 1. The smallest absolute Gasteiger partial charge is 0.274 e. The highest BCUT2D eigenvalue weighted by molar-refractivity contribution is 7.21. The normalized spacial score (nSPS) is 16.2. The van der Waals surface area contributed by atoms with Crippen LogP contribution in [0.4, 0.5) is 5.69 Å². The minimum absolute atomic E-state index is 0.242.